The highest BCUT2D eigenvalue weighted by Crippen LogP contribution is 2.19. The van der Waals surface area contributed by atoms with Crippen molar-refractivity contribution in [3.05, 3.63) is 0 Å². The molecule has 6 heteroatoms. The van der Waals surface area contributed by atoms with Crippen LogP contribution in [-0.2, 0) is 10.0 Å². The molecule has 0 aliphatic carbocycles. The van der Waals surface area contributed by atoms with E-state index in [1.165, 1.54) is 11.2 Å². The first-order chi connectivity index (χ1) is 6.50. The predicted octanol–water partition coefficient (Wildman–Crippen LogP) is -0.00102. The Balaban J connectivity index is 2.87. The summed E-state index contributed by atoms with van der Waals surface area (Å²) < 4.78 is 24.8. The molecule has 0 bridgehead atoms. The van der Waals surface area contributed by atoms with E-state index in [1.807, 2.05) is 0 Å². The average molecular weight is 217 g/mol. The molecule has 1 heterocycles. The Labute approximate surface area is 84.5 Å². The van der Waals surface area contributed by atoms with Crippen molar-refractivity contribution < 1.29 is 8.42 Å². The summed E-state index contributed by atoms with van der Waals surface area (Å²) >= 11 is 0. The lowest BCUT2D eigenvalue weighted by atomic mass is 10.1. The zero-order chi connectivity index (χ0) is 10.8. The van der Waals surface area contributed by atoms with Crippen molar-refractivity contribution in [3.63, 3.8) is 0 Å². The fraction of sp³-hybridized carbons (Fsp3) is 0.875. The molecular formula is C8H15N3O2S. The maximum absolute atomic E-state index is 11.8. The first kappa shape index (κ1) is 11.4. The molecule has 5 nitrogen and oxygen atoms in total. The Morgan fingerprint density at radius 2 is 2.21 bits per heavy atom. The highest BCUT2D eigenvalue weighted by atomic mass is 32.2. The standard InChI is InChI=1S/C8H15N3O2S/c1-7(6-9)14(12,13)11-5-3-2-4-8(11)10/h7-8H,2-5,10H2,1H3. The monoisotopic (exact) mass is 217 g/mol. The molecule has 2 unspecified atom stereocenters. The fourth-order valence-corrected chi connectivity index (χ4v) is 2.92. The molecule has 0 aromatic carbocycles. The van der Waals surface area contributed by atoms with Gasteiger partial charge in [-0.1, -0.05) is 0 Å². The van der Waals surface area contributed by atoms with E-state index in [0.29, 0.717) is 13.0 Å². The van der Waals surface area contributed by atoms with Crippen molar-refractivity contribution in [1.82, 2.24) is 4.31 Å². The summed E-state index contributed by atoms with van der Waals surface area (Å²) in [5, 5.41) is 7.58. The summed E-state index contributed by atoms with van der Waals surface area (Å²) in [5.74, 6) is 0. The first-order valence-electron chi connectivity index (χ1n) is 4.66. The molecule has 0 aromatic heterocycles. The number of sulfonamides is 1. The SMILES string of the molecule is CC(C#N)S(=O)(=O)N1CCCCC1N. The summed E-state index contributed by atoms with van der Waals surface area (Å²) in [6, 6.07) is 1.74. The third-order valence-electron chi connectivity index (χ3n) is 2.45. The van der Waals surface area contributed by atoms with E-state index in [2.05, 4.69) is 0 Å². The van der Waals surface area contributed by atoms with Gasteiger partial charge in [0.2, 0.25) is 10.0 Å². The maximum Gasteiger partial charge on any atom is 0.231 e. The van der Waals surface area contributed by atoms with Crippen LogP contribution < -0.4 is 5.73 Å². The number of nitriles is 1. The van der Waals surface area contributed by atoms with Crippen molar-refractivity contribution >= 4 is 10.0 Å². The molecule has 1 fully saturated rings. The number of nitrogens with zero attached hydrogens (tertiary/aromatic N) is 2. The summed E-state index contributed by atoms with van der Waals surface area (Å²) in [6.07, 6.45) is 2.00. The lowest BCUT2D eigenvalue weighted by molar-refractivity contribution is 0.257. The minimum atomic E-state index is -3.51. The van der Waals surface area contributed by atoms with Gasteiger partial charge in [0.25, 0.3) is 0 Å². The number of rotatable bonds is 2. The van der Waals surface area contributed by atoms with Gasteiger partial charge in [-0.15, -0.1) is 0 Å². The highest BCUT2D eigenvalue weighted by Gasteiger charge is 2.34. The number of hydrogen-bond donors (Lipinski definition) is 1. The molecule has 0 amide bonds. The van der Waals surface area contributed by atoms with E-state index in [-0.39, 0.29) is 0 Å². The van der Waals surface area contributed by atoms with Crippen LogP contribution in [0.2, 0.25) is 0 Å². The summed E-state index contributed by atoms with van der Waals surface area (Å²) in [4.78, 5) is 0. The third kappa shape index (κ3) is 2.05. The van der Waals surface area contributed by atoms with Gasteiger partial charge in [0.1, 0.15) is 0 Å². The van der Waals surface area contributed by atoms with E-state index in [4.69, 9.17) is 11.0 Å². The van der Waals surface area contributed by atoms with E-state index >= 15 is 0 Å². The van der Waals surface area contributed by atoms with Crippen molar-refractivity contribution in [2.45, 2.75) is 37.6 Å². The lowest BCUT2D eigenvalue weighted by Crippen LogP contribution is -2.51. The van der Waals surface area contributed by atoms with Crippen molar-refractivity contribution in [2.75, 3.05) is 6.54 Å². The van der Waals surface area contributed by atoms with Crippen molar-refractivity contribution in [1.29, 1.82) is 5.26 Å². The molecule has 2 N–H and O–H groups in total. The molecular weight excluding hydrogens is 202 g/mol. The molecule has 0 radical (unpaired) electrons. The molecule has 1 saturated heterocycles. The van der Waals surface area contributed by atoms with Crippen LogP contribution in [0, 0.1) is 11.3 Å². The normalized spacial score (nSPS) is 26.8. The lowest BCUT2D eigenvalue weighted by Gasteiger charge is -2.32. The smallest absolute Gasteiger partial charge is 0.231 e. The second-order valence-electron chi connectivity index (χ2n) is 3.49. The first-order valence-corrected chi connectivity index (χ1v) is 6.16. The van der Waals surface area contributed by atoms with Crippen LogP contribution in [0.15, 0.2) is 0 Å². The molecule has 0 saturated carbocycles. The van der Waals surface area contributed by atoms with Gasteiger partial charge in [0.15, 0.2) is 5.25 Å². The number of nitrogens with two attached hydrogens (primary N) is 1. The number of hydrogen-bond acceptors (Lipinski definition) is 4. The Morgan fingerprint density at radius 1 is 1.57 bits per heavy atom. The zero-order valence-electron chi connectivity index (χ0n) is 8.18. The maximum atomic E-state index is 11.8. The van der Waals surface area contributed by atoms with Crippen molar-refractivity contribution in [3.8, 4) is 6.07 Å². The van der Waals surface area contributed by atoms with Crippen molar-refractivity contribution in [2.24, 2.45) is 5.73 Å². The number of piperidine rings is 1. The summed E-state index contributed by atoms with van der Waals surface area (Å²) in [7, 11) is -3.51. The molecule has 1 aliphatic heterocycles. The molecule has 1 aliphatic rings. The van der Waals surface area contributed by atoms with E-state index < -0.39 is 21.4 Å². The van der Waals surface area contributed by atoms with Crippen LogP contribution in [-0.4, -0.2) is 30.7 Å². The van der Waals surface area contributed by atoms with E-state index in [9.17, 15) is 8.42 Å². The third-order valence-corrected chi connectivity index (χ3v) is 4.56. The highest BCUT2D eigenvalue weighted by molar-refractivity contribution is 7.90. The van der Waals surface area contributed by atoms with E-state index in [0.717, 1.165) is 12.8 Å². The van der Waals surface area contributed by atoms with Crippen LogP contribution in [0.25, 0.3) is 0 Å². The second-order valence-corrected chi connectivity index (χ2v) is 5.70. The Morgan fingerprint density at radius 3 is 2.71 bits per heavy atom. The Kier molecular flexibility index (Phi) is 3.48. The van der Waals surface area contributed by atoms with Crippen LogP contribution >= 0.6 is 0 Å². The van der Waals surface area contributed by atoms with Crippen LogP contribution in [0.4, 0.5) is 0 Å². The topological polar surface area (TPSA) is 87.2 Å². The second kappa shape index (κ2) is 4.26. The minimum Gasteiger partial charge on any atom is -0.315 e. The molecule has 1 rings (SSSR count). The minimum absolute atomic E-state index is 0.440. The van der Waals surface area contributed by atoms with Gasteiger partial charge in [-0.25, -0.2) is 8.42 Å². The summed E-state index contributed by atoms with van der Waals surface area (Å²) in [5.41, 5.74) is 5.69. The predicted molar refractivity (Wildman–Crippen MR) is 52.5 cm³/mol. The van der Waals surface area contributed by atoms with Gasteiger partial charge in [0, 0.05) is 6.54 Å². The van der Waals surface area contributed by atoms with Crippen LogP contribution in [0.5, 0.6) is 0 Å². The van der Waals surface area contributed by atoms with Gasteiger partial charge >= 0.3 is 0 Å². The molecule has 80 valence electrons. The van der Waals surface area contributed by atoms with Gasteiger partial charge in [-0.2, -0.15) is 9.57 Å². The fourth-order valence-electron chi connectivity index (χ4n) is 1.52. The van der Waals surface area contributed by atoms with Gasteiger partial charge in [-0.05, 0) is 26.2 Å². The average Bonchev–Trinajstić information content (AvgIpc) is 2.17. The van der Waals surface area contributed by atoms with Gasteiger partial charge in [-0.3, -0.25) is 0 Å². The van der Waals surface area contributed by atoms with Gasteiger partial charge < -0.3 is 5.73 Å². The van der Waals surface area contributed by atoms with E-state index in [1.54, 1.807) is 6.07 Å². The van der Waals surface area contributed by atoms with Crippen LogP contribution in [0.1, 0.15) is 26.2 Å². The largest absolute Gasteiger partial charge is 0.315 e. The van der Waals surface area contributed by atoms with Gasteiger partial charge in [0.05, 0.1) is 12.2 Å². The Bertz CT molecular complexity index is 333. The quantitative estimate of drug-likeness (QED) is 0.705. The molecule has 2 atom stereocenters. The zero-order valence-corrected chi connectivity index (χ0v) is 9.00. The summed E-state index contributed by atoms with van der Waals surface area (Å²) in [6.45, 7) is 1.83. The Hall–Kier alpha value is -0.640. The molecule has 0 spiro atoms. The van der Waals surface area contributed by atoms with Crippen LogP contribution in [0.3, 0.4) is 0 Å². The molecule has 0 aromatic rings. The molecule has 14 heavy (non-hydrogen) atoms.